The number of amides is 1. The lowest BCUT2D eigenvalue weighted by Gasteiger charge is -2.29. The van der Waals surface area contributed by atoms with Crippen molar-refractivity contribution in [3.8, 4) is 0 Å². The van der Waals surface area contributed by atoms with Gasteiger partial charge in [0.15, 0.2) is 0 Å². The summed E-state index contributed by atoms with van der Waals surface area (Å²) in [4.78, 5) is 93.0. The second kappa shape index (κ2) is 43.8. The Morgan fingerprint density at radius 3 is 0.843 bits per heavy atom. The molecule has 0 spiro atoms. The van der Waals surface area contributed by atoms with Crippen molar-refractivity contribution in [2.75, 3.05) is 46.2 Å². The average Bonchev–Trinajstić information content (AvgIpc) is 3.74. The molecule has 0 N–H and O–H groups in total. The summed E-state index contributed by atoms with van der Waals surface area (Å²) < 4.78 is 38.7. The molecule has 15 nitrogen and oxygen atoms in total. The molecule has 0 aliphatic carbocycles. The molecule has 406 valence electrons. The van der Waals surface area contributed by atoms with Gasteiger partial charge in [-0.1, -0.05) is 156 Å². The molecule has 0 saturated carbocycles. The zero-order valence-corrected chi connectivity index (χ0v) is 44.5. The van der Waals surface area contributed by atoms with E-state index in [1.165, 1.54) is 30.6 Å². The number of likely N-dealkylation sites (tertiary alicyclic amines) is 1. The molecule has 1 amide bonds. The molecule has 70 heavy (non-hydrogen) atoms. The highest BCUT2D eigenvalue weighted by molar-refractivity contribution is 5.77. The van der Waals surface area contributed by atoms with Crippen LogP contribution >= 0.6 is 0 Å². The lowest BCUT2D eigenvalue weighted by molar-refractivity contribution is -0.153. The summed E-state index contributed by atoms with van der Waals surface area (Å²) in [5, 5.41) is 0. The van der Waals surface area contributed by atoms with Crippen LogP contribution in [0, 0.1) is 11.8 Å². The highest BCUT2D eigenvalue weighted by atomic mass is 16.6. The molecule has 2 atom stereocenters. The SMILES string of the molecule is CCCCCCCCOC(=O)CC(CC(=O)OCCCCCCCC)CC(=O)OC[C@@H]1CC[C@@H](COC(=O)CC(CC(=O)OCCCCCCCC)CC(=O)OCCCCCCCC)N1C(=O)OCC. The van der Waals surface area contributed by atoms with Crippen molar-refractivity contribution in [3.05, 3.63) is 0 Å². The molecule has 0 aromatic carbocycles. The topological polar surface area (TPSA) is 187 Å². The molecule has 1 saturated heterocycles. The summed E-state index contributed by atoms with van der Waals surface area (Å²) in [5.74, 6) is -4.65. The van der Waals surface area contributed by atoms with E-state index in [4.69, 9.17) is 33.2 Å². The third-order valence-electron chi connectivity index (χ3n) is 12.7. The van der Waals surface area contributed by atoms with E-state index in [1.54, 1.807) is 6.92 Å². The van der Waals surface area contributed by atoms with E-state index in [2.05, 4.69) is 27.7 Å². The molecule has 0 radical (unpaired) electrons. The van der Waals surface area contributed by atoms with Gasteiger partial charge in [0.1, 0.15) is 13.2 Å². The van der Waals surface area contributed by atoms with Crippen molar-refractivity contribution in [2.45, 2.75) is 252 Å². The zero-order valence-electron chi connectivity index (χ0n) is 44.5. The third kappa shape index (κ3) is 34.4. The zero-order chi connectivity index (χ0) is 51.5. The lowest BCUT2D eigenvalue weighted by Crippen LogP contribution is -2.46. The van der Waals surface area contributed by atoms with Crippen LogP contribution in [-0.4, -0.2) is 105 Å². The Morgan fingerprint density at radius 1 is 0.343 bits per heavy atom. The van der Waals surface area contributed by atoms with Crippen molar-refractivity contribution in [1.29, 1.82) is 0 Å². The molecule has 15 heteroatoms. The van der Waals surface area contributed by atoms with E-state index in [0.717, 1.165) is 128 Å². The molecule has 0 aromatic rings. The normalized spacial score (nSPS) is 14.4. The predicted octanol–water partition coefficient (Wildman–Crippen LogP) is 12.3. The first-order valence-corrected chi connectivity index (χ1v) is 27.9. The van der Waals surface area contributed by atoms with Gasteiger partial charge < -0.3 is 33.2 Å². The van der Waals surface area contributed by atoms with Crippen molar-refractivity contribution in [2.24, 2.45) is 11.8 Å². The van der Waals surface area contributed by atoms with Crippen LogP contribution < -0.4 is 0 Å². The highest BCUT2D eigenvalue weighted by Gasteiger charge is 2.40. The molecule has 1 heterocycles. The third-order valence-corrected chi connectivity index (χ3v) is 12.7. The first-order valence-electron chi connectivity index (χ1n) is 27.9. The van der Waals surface area contributed by atoms with Gasteiger partial charge in [0.2, 0.25) is 0 Å². The Morgan fingerprint density at radius 2 is 0.586 bits per heavy atom. The summed E-state index contributed by atoms with van der Waals surface area (Å²) in [5.41, 5.74) is 0. The van der Waals surface area contributed by atoms with E-state index in [9.17, 15) is 33.6 Å². The Hall–Kier alpha value is -3.91. The van der Waals surface area contributed by atoms with E-state index < -0.39 is 65.8 Å². The summed E-state index contributed by atoms with van der Waals surface area (Å²) in [6.45, 7) is 11.1. The Balaban J connectivity index is 2.90. The maximum Gasteiger partial charge on any atom is 0.410 e. The number of nitrogens with zero attached hydrogens (tertiary/aromatic N) is 1. The molecule has 1 aliphatic heterocycles. The van der Waals surface area contributed by atoms with E-state index in [-0.39, 0.29) is 84.8 Å². The smallest absolute Gasteiger partial charge is 0.410 e. The van der Waals surface area contributed by atoms with Crippen molar-refractivity contribution < 1.29 is 66.7 Å². The molecule has 0 unspecified atom stereocenters. The van der Waals surface area contributed by atoms with Crippen LogP contribution in [0.25, 0.3) is 0 Å². The van der Waals surface area contributed by atoms with E-state index in [0.29, 0.717) is 12.8 Å². The number of rotatable bonds is 45. The van der Waals surface area contributed by atoms with Gasteiger partial charge in [-0.25, -0.2) is 4.79 Å². The molecular weight excluding hydrogens is 899 g/mol. The first kappa shape index (κ1) is 64.1. The van der Waals surface area contributed by atoms with Gasteiger partial charge in [-0.15, -0.1) is 0 Å². The summed E-state index contributed by atoms with van der Waals surface area (Å²) in [6, 6.07) is -1.18. The van der Waals surface area contributed by atoms with Crippen LogP contribution in [0.5, 0.6) is 0 Å². The monoisotopic (exact) mass is 996 g/mol. The fraction of sp³-hybridized carbons (Fsp3) is 0.873. The highest BCUT2D eigenvalue weighted by Crippen LogP contribution is 2.27. The standard InChI is InChI=1S/C55H97NO14/c1-6-11-15-19-23-27-33-65-49(57)37-45(38-50(58)66-34-28-24-20-16-12-7-2)41-53(61)69-43-47-31-32-48(56(47)55(63)64-10-5)44-70-54(62)42-46(39-51(59)67-35-29-25-21-17-13-8-3)40-52(60)68-36-30-26-22-18-14-9-4/h45-48H,6-44H2,1-5H3/t47-,48-/m0/s1. The van der Waals surface area contributed by atoms with Gasteiger partial charge in [-0.05, 0) is 57.3 Å². The van der Waals surface area contributed by atoms with Gasteiger partial charge in [-0.3, -0.25) is 33.7 Å². The molecule has 1 rings (SSSR count). The first-order chi connectivity index (χ1) is 34.0. The Bertz CT molecular complexity index is 1250. The van der Waals surface area contributed by atoms with Gasteiger partial charge in [0.05, 0.1) is 45.1 Å². The van der Waals surface area contributed by atoms with Gasteiger partial charge >= 0.3 is 41.9 Å². The largest absolute Gasteiger partial charge is 0.466 e. The van der Waals surface area contributed by atoms with Crippen molar-refractivity contribution in [1.82, 2.24) is 4.90 Å². The minimum Gasteiger partial charge on any atom is -0.466 e. The number of hydrogen-bond donors (Lipinski definition) is 0. The minimum atomic E-state index is -0.702. The number of carbonyl (C=O) groups excluding carboxylic acids is 7. The maximum atomic E-state index is 13.3. The summed E-state index contributed by atoms with van der Waals surface area (Å²) >= 11 is 0. The molecule has 1 fully saturated rings. The second-order valence-electron chi connectivity index (χ2n) is 19.3. The summed E-state index contributed by atoms with van der Waals surface area (Å²) in [6.07, 6.45) is 24.1. The summed E-state index contributed by atoms with van der Waals surface area (Å²) in [7, 11) is 0. The van der Waals surface area contributed by atoms with Gasteiger partial charge in [-0.2, -0.15) is 0 Å². The van der Waals surface area contributed by atoms with Gasteiger partial charge in [0.25, 0.3) is 0 Å². The fourth-order valence-corrected chi connectivity index (χ4v) is 8.64. The molecule has 0 aromatic heterocycles. The second-order valence-corrected chi connectivity index (χ2v) is 19.3. The lowest BCUT2D eigenvalue weighted by atomic mass is 9.97. The van der Waals surface area contributed by atoms with Crippen molar-refractivity contribution in [3.63, 3.8) is 0 Å². The fourth-order valence-electron chi connectivity index (χ4n) is 8.64. The van der Waals surface area contributed by atoms with Crippen LogP contribution in [0.3, 0.4) is 0 Å². The number of hydrogen-bond acceptors (Lipinski definition) is 14. The van der Waals surface area contributed by atoms with Crippen molar-refractivity contribution >= 4 is 41.9 Å². The van der Waals surface area contributed by atoms with Crippen LogP contribution in [0.4, 0.5) is 4.79 Å². The number of carbonyl (C=O) groups is 7. The van der Waals surface area contributed by atoms with Gasteiger partial charge in [0, 0.05) is 38.5 Å². The van der Waals surface area contributed by atoms with Crippen LogP contribution in [0.2, 0.25) is 0 Å². The quantitative estimate of drug-likeness (QED) is 0.0318. The Kier molecular flexibility index (Phi) is 40.2. The van der Waals surface area contributed by atoms with E-state index >= 15 is 0 Å². The van der Waals surface area contributed by atoms with E-state index in [1.807, 2.05) is 0 Å². The Labute approximate surface area is 422 Å². The molecule has 0 bridgehead atoms. The van der Waals surface area contributed by atoms with Crippen LogP contribution in [0.1, 0.15) is 240 Å². The van der Waals surface area contributed by atoms with Crippen LogP contribution in [0.15, 0.2) is 0 Å². The number of esters is 6. The maximum absolute atomic E-state index is 13.3. The average molecular weight is 996 g/mol. The molecule has 1 aliphatic rings. The van der Waals surface area contributed by atoms with Crippen LogP contribution in [-0.2, 0) is 61.9 Å². The predicted molar refractivity (Wildman–Crippen MR) is 270 cm³/mol. The minimum absolute atomic E-state index is 0.0888. The number of unbranched alkanes of at least 4 members (excludes halogenated alkanes) is 20. The molecular formula is C55H97NO14. The number of ether oxygens (including phenoxy) is 7.